The molecule has 0 saturated carbocycles. The number of carbonyl (C=O) groups is 2. The van der Waals surface area contributed by atoms with E-state index in [0.717, 1.165) is 6.07 Å². The van der Waals surface area contributed by atoms with Crippen molar-refractivity contribution in [3.63, 3.8) is 0 Å². The molecule has 0 N–H and O–H groups in total. The van der Waals surface area contributed by atoms with Crippen LogP contribution in [0.25, 0.3) is 0 Å². The van der Waals surface area contributed by atoms with E-state index in [4.69, 9.17) is 9.47 Å². The third-order valence-corrected chi connectivity index (χ3v) is 5.88. The molecule has 0 aromatic heterocycles. The van der Waals surface area contributed by atoms with Crippen molar-refractivity contribution in [1.82, 2.24) is 0 Å². The van der Waals surface area contributed by atoms with Crippen molar-refractivity contribution < 1.29 is 36.7 Å². The minimum Gasteiger partial charge on any atom is -0.497 e. The zero-order valence-corrected chi connectivity index (χ0v) is 20.0. The highest BCUT2D eigenvalue weighted by atomic mass is 19.4. The van der Waals surface area contributed by atoms with E-state index < -0.39 is 35.6 Å². The molecule has 2 aromatic carbocycles. The van der Waals surface area contributed by atoms with Crippen molar-refractivity contribution >= 4 is 17.6 Å². The molecule has 0 saturated heterocycles. The highest BCUT2D eigenvalue weighted by Crippen LogP contribution is 2.43. The Balaban J connectivity index is 2.21. The maximum Gasteiger partial charge on any atom is 0.416 e. The Morgan fingerprint density at radius 2 is 1.76 bits per heavy atom. The topological polar surface area (TPSA) is 55.8 Å². The van der Waals surface area contributed by atoms with Gasteiger partial charge in [0.25, 0.3) is 5.91 Å². The van der Waals surface area contributed by atoms with Gasteiger partial charge in [0.15, 0.2) is 6.10 Å². The van der Waals surface area contributed by atoms with E-state index in [-0.39, 0.29) is 24.2 Å². The molecule has 6 nitrogen and oxygen atoms in total. The number of anilines is 1. The van der Waals surface area contributed by atoms with Crippen molar-refractivity contribution in [3.05, 3.63) is 59.2 Å². The van der Waals surface area contributed by atoms with Crippen LogP contribution in [0.4, 0.5) is 18.9 Å². The van der Waals surface area contributed by atoms with Crippen LogP contribution in [0.15, 0.2) is 42.5 Å². The second-order valence-electron chi connectivity index (χ2n) is 9.42. The number of amides is 1. The maximum atomic E-state index is 14.0. The first kappa shape index (κ1) is 25.6. The zero-order chi connectivity index (χ0) is 25.3. The highest BCUT2D eigenvalue weighted by Gasteiger charge is 2.44. The molecule has 0 unspecified atom stereocenters. The van der Waals surface area contributed by atoms with E-state index in [1.54, 1.807) is 24.3 Å². The standard InChI is InChI=1S/C25H30F3N2O4/c1-16(31)34-23-19(17-9-11-18(33-5)12-10-17)15-20-21(25(26,27)28)7-6-8-22(20)29(24(23)32)13-14-30(2,3)4/h6-12,19,23H,13-15H2,1-5H3/q+1/t19-,23+/m0/s1. The Bertz CT molecular complexity index is 1050. The summed E-state index contributed by atoms with van der Waals surface area (Å²) in [7, 11) is 7.29. The largest absolute Gasteiger partial charge is 0.497 e. The summed E-state index contributed by atoms with van der Waals surface area (Å²) >= 11 is 0. The zero-order valence-electron chi connectivity index (χ0n) is 20.0. The molecule has 9 heteroatoms. The summed E-state index contributed by atoms with van der Waals surface area (Å²) in [4.78, 5) is 27.1. The number of carbonyl (C=O) groups excluding carboxylic acids is 2. The SMILES string of the molecule is COc1ccc([C@@H]2Cc3c(cccc3C(F)(F)F)N(CC[N+](C)(C)C)C(=O)[C@@H]2OC(C)=O)cc1. The summed E-state index contributed by atoms with van der Waals surface area (Å²) in [5.41, 5.74) is -0.00603. The van der Waals surface area contributed by atoms with E-state index >= 15 is 0 Å². The van der Waals surface area contributed by atoms with Crippen LogP contribution in [0.2, 0.25) is 0 Å². The molecule has 0 radical (unpaired) electrons. The van der Waals surface area contributed by atoms with Crippen LogP contribution in [-0.4, -0.2) is 63.8 Å². The smallest absolute Gasteiger partial charge is 0.416 e. The predicted molar refractivity (Wildman–Crippen MR) is 122 cm³/mol. The predicted octanol–water partition coefficient (Wildman–Crippen LogP) is 4.02. The molecule has 2 aromatic rings. The number of hydrogen-bond donors (Lipinski definition) is 0. The monoisotopic (exact) mass is 479 g/mol. The number of halogens is 3. The van der Waals surface area contributed by atoms with Crippen molar-refractivity contribution in [2.24, 2.45) is 0 Å². The first-order valence-electron chi connectivity index (χ1n) is 10.9. The fourth-order valence-corrected chi connectivity index (χ4v) is 4.16. The average molecular weight is 480 g/mol. The molecule has 34 heavy (non-hydrogen) atoms. The van der Waals surface area contributed by atoms with Gasteiger partial charge in [-0.25, -0.2) is 0 Å². The summed E-state index contributed by atoms with van der Waals surface area (Å²) in [5.74, 6) is -1.46. The number of quaternary nitrogens is 1. The molecular weight excluding hydrogens is 449 g/mol. The summed E-state index contributed by atoms with van der Waals surface area (Å²) in [6.45, 7) is 1.85. The van der Waals surface area contributed by atoms with Crippen molar-refractivity contribution in [1.29, 1.82) is 0 Å². The van der Waals surface area contributed by atoms with E-state index in [1.807, 2.05) is 21.1 Å². The summed E-state index contributed by atoms with van der Waals surface area (Å²) < 4.78 is 53.3. The molecule has 3 rings (SSSR count). The van der Waals surface area contributed by atoms with E-state index in [2.05, 4.69) is 0 Å². The van der Waals surface area contributed by atoms with Crippen LogP contribution < -0.4 is 9.64 Å². The van der Waals surface area contributed by atoms with Gasteiger partial charge in [0.2, 0.25) is 0 Å². The number of esters is 1. The van der Waals surface area contributed by atoms with Crippen LogP contribution in [0.3, 0.4) is 0 Å². The van der Waals surface area contributed by atoms with Crippen LogP contribution in [-0.2, 0) is 26.9 Å². The number of ether oxygens (including phenoxy) is 2. The fourth-order valence-electron chi connectivity index (χ4n) is 4.16. The quantitative estimate of drug-likeness (QED) is 0.464. The Kier molecular flexibility index (Phi) is 7.26. The Hall–Kier alpha value is -3.07. The lowest BCUT2D eigenvalue weighted by atomic mass is 9.86. The lowest BCUT2D eigenvalue weighted by molar-refractivity contribution is -0.868. The Labute approximate surface area is 197 Å². The minimum atomic E-state index is -4.61. The Morgan fingerprint density at radius 1 is 1.12 bits per heavy atom. The lowest BCUT2D eigenvalue weighted by Crippen LogP contribution is -2.48. The molecule has 1 aliphatic heterocycles. The van der Waals surface area contributed by atoms with Crippen LogP contribution in [0, 0.1) is 0 Å². The number of hydrogen-bond acceptors (Lipinski definition) is 4. The van der Waals surface area contributed by atoms with Gasteiger partial charge in [0, 0.05) is 18.5 Å². The number of likely N-dealkylation sites (N-methyl/N-ethyl adjacent to an activating group) is 1. The molecule has 0 spiro atoms. The van der Waals surface area contributed by atoms with E-state index in [1.165, 1.54) is 31.1 Å². The molecule has 0 fully saturated rings. The number of fused-ring (bicyclic) bond motifs is 1. The fraction of sp³-hybridized carbons (Fsp3) is 0.440. The van der Waals surface area contributed by atoms with Gasteiger partial charge in [0.1, 0.15) is 5.75 Å². The molecule has 2 atom stereocenters. The molecule has 1 heterocycles. The second-order valence-corrected chi connectivity index (χ2v) is 9.42. The minimum absolute atomic E-state index is 0.0141. The van der Waals surface area contributed by atoms with Gasteiger partial charge in [-0.1, -0.05) is 18.2 Å². The molecular formula is C25H30F3N2O4+. The molecule has 1 amide bonds. The van der Waals surface area contributed by atoms with E-state index in [0.29, 0.717) is 22.3 Å². The van der Waals surface area contributed by atoms with Gasteiger partial charge in [-0.2, -0.15) is 13.2 Å². The molecule has 0 aliphatic carbocycles. The van der Waals surface area contributed by atoms with Gasteiger partial charge in [-0.3, -0.25) is 9.59 Å². The summed E-state index contributed by atoms with van der Waals surface area (Å²) in [5, 5.41) is 0. The lowest BCUT2D eigenvalue weighted by Gasteiger charge is -2.31. The number of rotatable bonds is 6. The van der Waals surface area contributed by atoms with Crippen molar-refractivity contribution in [2.75, 3.05) is 46.2 Å². The van der Waals surface area contributed by atoms with E-state index in [9.17, 15) is 22.8 Å². The third-order valence-electron chi connectivity index (χ3n) is 5.88. The summed E-state index contributed by atoms with van der Waals surface area (Å²) in [6, 6.07) is 10.6. The third kappa shape index (κ3) is 5.70. The average Bonchev–Trinajstić information content (AvgIpc) is 2.85. The van der Waals surface area contributed by atoms with Crippen LogP contribution >= 0.6 is 0 Å². The van der Waals surface area contributed by atoms with Gasteiger partial charge in [-0.15, -0.1) is 0 Å². The number of alkyl halides is 3. The highest BCUT2D eigenvalue weighted by molar-refractivity contribution is 6.00. The first-order valence-corrected chi connectivity index (χ1v) is 10.9. The summed E-state index contributed by atoms with van der Waals surface area (Å²) in [6.07, 6.45) is -6.00. The molecule has 184 valence electrons. The Morgan fingerprint density at radius 3 is 2.29 bits per heavy atom. The number of benzene rings is 2. The van der Waals surface area contributed by atoms with Crippen molar-refractivity contribution in [3.8, 4) is 5.75 Å². The van der Waals surface area contributed by atoms with Crippen LogP contribution in [0.5, 0.6) is 5.75 Å². The van der Waals surface area contributed by atoms with Gasteiger partial charge in [0.05, 0.1) is 46.9 Å². The van der Waals surface area contributed by atoms with Gasteiger partial charge >= 0.3 is 12.1 Å². The van der Waals surface area contributed by atoms with Crippen LogP contribution in [0.1, 0.15) is 29.5 Å². The number of methoxy groups -OCH3 is 1. The molecule has 1 aliphatic rings. The second kappa shape index (κ2) is 9.66. The maximum absolute atomic E-state index is 14.0. The van der Waals surface area contributed by atoms with Crippen molar-refractivity contribution in [2.45, 2.75) is 31.5 Å². The first-order chi connectivity index (χ1) is 15.8. The van der Waals surface area contributed by atoms with Gasteiger partial charge < -0.3 is 18.9 Å². The normalized spacial score (nSPS) is 18.8. The number of nitrogens with zero attached hydrogens (tertiary/aromatic N) is 2. The molecule has 0 bridgehead atoms. The van der Waals surface area contributed by atoms with Gasteiger partial charge in [-0.05, 0) is 41.8 Å².